The van der Waals surface area contributed by atoms with E-state index >= 15 is 0 Å². The molecule has 0 unspecified atom stereocenters. The molecule has 3 aromatic carbocycles. The number of carbonyl (C=O) groups excluding carboxylic acids is 1. The summed E-state index contributed by atoms with van der Waals surface area (Å²) in [6, 6.07) is 24.0. The molecular formula is C23H18N2O3S. The highest BCUT2D eigenvalue weighted by Gasteiger charge is 2.16. The Morgan fingerprint density at radius 2 is 1.69 bits per heavy atom. The van der Waals surface area contributed by atoms with Gasteiger partial charge >= 0.3 is 5.97 Å². The Balaban J connectivity index is 1.63. The van der Waals surface area contributed by atoms with Gasteiger partial charge in [-0.3, -0.25) is 0 Å². The molecule has 6 heteroatoms. The first-order valence-corrected chi connectivity index (χ1v) is 9.84. The second kappa shape index (κ2) is 8.58. The number of thiazole rings is 1. The molecule has 0 spiro atoms. The summed E-state index contributed by atoms with van der Waals surface area (Å²) in [7, 11) is 1.60. The van der Waals surface area contributed by atoms with Crippen LogP contribution in [0.15, 0.2) is 84.2 Å². The zero-order valence-electron chi connectivity index (χ0n) is 15.7. The van der Waals surface area contributed by atoms with Crippen molar-refractivity contribution in [3.63, 3.8) is 0 Å². The first kappa shape index (κ1) is 18.7. The van der Waals surface area contributed by atoms with Crippen LogP contribution in [0.2, 0.25) is 0 Å². The normalized spacial score (nSPS) is 10.4. The van der Waals surface area contributed by atoms with Crippen LogP contribution in [0.25, 0.3) is 11.3 Å². The number of para-hydroxylation sites is 1. The van der Waals surface area contributed by atoms with E-state index in [-0.39, 0.29) is 0 Å². The second-order valence-corrected chi connectivity index (χ2v) is 7.00. The fourth-order valence-electron chi connectivity index (χ4n) is 2.76. The molecule has 0 aliphatic rings. The fraction of sp³-hybridized carbons (Fsp3) is 0.0435. The van der Waals surface area contributed by atoms with Crippen LogP contribution in [-0.4, -0.2) is 18.1 Å². The highest BCUT2D eigenvalue weighted by Crippen LogP contribution is 2.36. The molecular weight excluding hydrogens is 384 g/mol. The first-order chi connectivity index (χ1) is 14.2. The Labute approximate surface area is 172 Å². The van der Waals surface area contributed by atoms with Gasteiger partial charge < -0.3 is 14.8 Å². The SMILES string of the molecule is COc1ccc(OC(=O)c2ccccc2)c(-c2csc(Nc3ccccc3)n2)c1. The molecule has 4 aromatic rings. The number of benzene rings is 3. The van der Waals surface area contributed by atoms with Gasteiger partial charge in [-0.1, -0.05) is 36.4 Å². The van der Waals surface area contributed by atoms with Gasteiger partial charge in [-0.25, -0.2) is 9.78 Å². The topological polar surface area (TPSA) is 60.5 Å². The molecule has 1 heterocycles. The molecule has 1 aromatic heterocycles. The van der Waals surface area contributed by atoms with Crippen LogP contribution >= 0.6 is 11.3 Å². The number of nitrogens with zero attached hydrogens (tertiary/aromatic N) is 1. The number of methoxy groups -OCH3 is 1. The summed E-state index contributed by atoms with van der Waals surface area (Å²) in [5, 5.41) is 5.94. The lowest BCUT2D eigenvalue weighted by molar-refractivity contribution is 0.0735. The van der Waals surface area contributed by atoms with Gasteiger partial charge in [0, 0.05) is 16.6 Å². The molecule has 4 rings (SSSR count). The Kier molecular flexibility index (Phi) is 5.54. The van der Waals surface area contributed by atoms with E-state index in [0.717, 1.165) is 10.8 Å². The van der Waals surface area contributed by atoms with Gasteiger partial charge in [0.05, 0.1) is 18.4 Å². The second-order valence-electron chi connectivity index (χ2n) is 6.15. The van der Waals surface area contributed by atoms with E-state index < -0.39 is 5.97 Å². The van der Waals surface area contributed by atoms with Gasteiger partial charge in [-0.15, -0.1) is 11.3 Å². The highest BCUT2D eigenvalue weighted by atomic mass is 32.1. The van der Waals surface area contributed by atoms with Crippen LogP contribution in [-0.2, 0) is 0 Å². The quantitative estimate of drug-likeness (QED) is 0.327. The van der Waals surface area contributed by atoms with Crippen molar-refractivity contribution in [2.75, 3.05) is 12.4 Å². The number of rotatable bonds is 6. The highest BCUT2D eigenvalue weighted by molar-refractivity contribution is 7.14. The van der Waals surface area contributed by atoms with E-state index in [9.17, 15) is 4.79 Å². The van der Waals surface area contributed by atoms with Crippen LogP contribution in [0.3, 0.4) is 0 Å². The summed E-state index contributed by atoms with van der Waals surface area (Å²) in [6.07, 6.45) is 0. The molecule has 0 aliphatic heterocycles. The van der Waals surface area contributed by atoms with Gasteiger partial charge in [-0.05, 0) is 42.5 Å². The van der Waals surface area contributed by atoms with Gasteiger partial charge in [0.25, 0.3) is 0 Å². The summed E-state index contributed by atoms with van der Waals surface area (Å²) < 4.78 is 11.0. The molecule has 0 saturated heterocycles. The van der Waals surface area contributed by atoms with Crippen LogP contribution in [0.5, 0.6) is 11.5 Å². The van der Waals surface area contributed by atoms with Crippen LogP contribution in [0, 0.1) is 0 Å². The minimum atomic E-state index is -0.421. The third-order valence-electron chi connectivity index (χ3n) is 4.20. The zero-order chi connectivity index (χ0) is 20.1. The molecule has 29 heavy (non-hydrogen) atoms. The molecule has 0 atom stereocenters. The third-order valence-corrected chi connectivity index (χ3v) is 4.96. The lowest BCUT2D eigenvalue weighted by Crippen LogP contribution is -2.09. The molecule has 0 aliphatic carbocycles. The number of ether oxygens (including phenoxy) is 2. The van der Waals surface area contributed by atoms with Crippen molar-refractivity contribution >= 4 is 28.1 Å². The predicted octanol–water partition coefficient (Wildman–Crippen LogP) is 5.78. The number of anilines is 2. The minimum Gasteiger partial charge on any atom is -0.497 e. The molecule has 144 valence electrons. The zero-order valence-corrected chi connectivity index (χ0v) is 16.5. The smallest absolute Gasteiger partial charge is 0.343 e. The van der Waals surface area contributed by atoms with Gasteiger partial charge in [-0.2, -0.15) is 0 Å². The van der Waals surface area contributed by atoms with Crippen molar-refractivity contribution < 1.29 is 14.3 Å². The van der Waals surface area contributed by atoms with Crippen molar-refractivity contribution in [1.29, 1.82) is 0 Å². The van der Waals surface area contributed by atoms with E-state index in [4.69, 9.17) is 9.47 Å². The minimum absolute atomic E-state index is 0.421. The van der Waals surface area contributed by atoms with Gasteiger partial charge in [0.2, 0.25) is 0 Å². The number of carbonyl (C=O) groups is 1. The van der Waals surface area contributed by atoms with Crippen LogP contribution < -0.4 is 14.8 Å². The fourth-order valence-corrected chi connectivity index (χ4v) is 3.49. The maximum absolute atomic E-state index is 12.5. The molecule has 0 radical (unpaired) electrons. The van der Waals surface area contributed by atoms with Crippen molar-refractivity contribution in [3.05, 3.63) is 89.8 Å². The number of nitrogens with one attached hydrogen (secondary N) is 1. The maximum atomic E-state index is 12.5. The Bertz CT molecular complexity index is 1110. The van der Waals surface area contributed by atoms with Crippen molar-refractivity contribution in [2.45, 2.75) is 0 Å². The Morgan fingerprint density at radius 3 is 2.41 bits per heavy atom. The molecule has 5 nitrogen and oxygen atoms in total. The van der Waals surface area contributed by atoms with E-state index in [1.54, 1.807) is 43.5 Å². The number of esters is 1. The standard InChI is InChI=1S/C23H18N2O3S/c1-27-18-12-13-21(28-22(26)16-8-4-2-5-9-16)19(14-18)20-15-29-23(25-20)24-17-10-6-3-7-11-17/h2-15H,1H3,(H,24,25). The lowest BCUT2D eigenvalue weighted by atomic mass is 10.1. The lowest BCUT2D eigenvalue weighted by Gasteiger charge is -2.10. The van der Waals surface area contributed by atoms with Crippen LogP contribution in [0.4, 0.5) is 10.8 Å². The van der Waals surface area contributed by atoms with E-state index in [1.807, 2.05) is 47.8 Å². The van der Waals surface area contributed by atoms with Gasteiger partial charge in [0.1, 0.15) is 11.5 Å². The molecule has 0 saturated carbocycles. The summed E-state index contributed by atoms with van der Waals surface area (Å²) in [5.74, 6) is 0.663. The molecule has 0 fully saturated rings. The summed E-state index contributed by atoms with van der Waals surface area (Å²) >= 11 is 1.47. The Hall–Kier alpha value is -3.64. The molecule has 0 amide bonds. The van der Waals surface area contributed by atoms with E-state index in [0.29, 0.717) is 28.3 Å². The molecule has 0 bridgehead atoms. The van der Waals surface area contributed by atoms with E-state index in [2.05, 4.69) is 10.3 Å². The summed E-state index contributed by atoms with van der Waals surface area (Å²) in [6.45, 7) is 0. The maximum Gasteiger partial charge on any atom is 0.343 e. The Morgan fingerprint density at radius 1 is 0.966 bits per heavy atom. The number of hydrogen-bond donors (Lipinski definition) is 1. The molecule has 1 N–H and O–H groups in total. The average Bonchev–Trinajstić information content (AvgIpc) is 3.23. The monoisotopic (exact) mass is 402 g/mol. The van der Waals surface area contributed by atoms with Gasteiger partial charge in [0.15, 0.2) is 5.13 Å². The number of hydrogen-bond acceptors (Lipinski definition) is 6. The number of aromatic nitrogens is 1. The van der Waals surface area contributed by atoms with Crippen molar-refractivity contribution in [2.24, 2.45) is 0 Å². The summed E-state index contributed by atoms with van der Waals surface area (Å²) in [4.78, 5) is 17.2. The van der Waals surface area contributed by atoms with Crippen molar-refractivity contribution in [1.82, 2.24) is 4.98 Å². The largest absolute Gasteiger partial charge is 0.497 e. The van der Waals surface area contributed by atoms with E-state index in [1.165, 1.54) is 11.3 Å². The first-order valence-electron chi connectivity index (χ1n) is 8.96. The average molecular weight is 402 g/mol. The summed E-state index contributed by atoms with van der Waals surface area (Å²) in [5.41, 5.74) is 2.82. The predicted molar refractivity (Wildman–Crippen MR) is 115 cm³/mol. The van der Waals surface area contributed by atoms with Crippen molar-refractivity contribution in [3.8, 4) is 22.8 Å². The van der Waals surface area contributed by atoms with Crippen LogP contribution in [0.1, 0.15) is 10.4 Å². The third kappa shape index (κ3) is 4.44.